The standard InChI is InChI=1S/C12H15ClN2O4/c1-14-8-6-11(12(8)18-2)19-10-5-7(13)3-4-9(10)15(16)17/h3-5,8,11-12,14H,6H2,1-2H3. The molecule has 0 bridgehead atoms. The molecule has 0 saturated heterocycles. The highest BCUT2D eigenvalue weighted by Gasteiger charge is 2.43. The summed E-state index contributed by atoms with van der Waals surface area (Å²) in [4.78, 5) is 10.4. The fourth-order valence-electron chi connectivity index (χ4n) is 2.19. The van der Waals surface area contributed by atoms with Crippen molar-refractivity contribution >= 4 is 17.3 Å². The van der Waals surface area contributed by atoms with Crippen LogP contribution in [0.3, 0.4) is 0 Å². The summed E-state index contributed by atoms with van der Waals surface area (Å²) in [6.45, 7) is 0. The molecule has 3 unspecified atom stereocenters. The van der Waals surface area contributed by atoms with Crippen molar-refractivity contribution in [1.29, 1.82) is 0 Å². The van der Waals surface area contributed by atoms with E-state index in [9.17, 15) is 10.1 Å². The van der Waals surface area contributed by atoms with Crippen molar-refractivity contribution in [3.63, 3.8) is 0 Å². The summed E-state index contributed by atoms with van der Waals surface area (Å²) in [7, 11) is 3.44. The Bertz CT molecular complexity index is 483. The number of nitrogens with zero attached hydrogens (tertiary/aromatic N) is 1. The monoisotopic (exact) mass is 286 g/mol. The van der Waals surface area contributed by atoms with Crippen molar-refractivity contribution < 1.29 is 14.4 Å². The average molecular weight is 287 g/mol. The number of hydrogen-bond donors (Lipinski definition) is 1. The number of halogens is 1. The van der Waals surface area contributed by atoms with Crippen LogP contribution in [0.2, 0.25) is 5.02 Å². The third kappa shape index (κ3) is 2.80. The first-order chi connectivity index (χ1) is 9.06. The summed E-state index contributed by atoms with van der Waals surface area (Å²) in [5.41, 5.74) is -0.0906. The lowest BCUT2D eigenvalue weighted by atomic mass is 9.85. The Morgan fingerprint density at radius 2 is 2.26 bits per heavy atom. The molecule has 1 aliphatic rings. The van der Waals surface area contributed by atoms with Gasteiger partial charge >= 0.3 is 5.69 Å². The molecule has 1 fully saturated rings. The quantitative estimate of drug-likeness (QED) is 0.662. The lowest BCUT2D eigenvalue weighted by molar-refractivity contribution is -0.386. The second kappa shape index (κ2) is 5.73. The Balaban J connectivity index is 2.15. The van der Waals surface area contributed by atoms with Crippen molar-refractivity contribution in [3.05, 3.63) is 33.3 Å². The van der Waals surface area contributed by atoms with Crippen LogP contribution in [-0.2, 0) is 4.74 Å². The van der Waals surface area contributed by atoms with E-state index in [0.717, 1.165) is 6.42 Å². The van der Waals surface area contributed by atoms with Crippen LogP contribution in [-0.4, -0.2) is 37.3 Å². The minimum Gasteiger partial charge on any atom is -0.481 e. The van der Waals surface area contributed by atoms with Crippen molar-refractivity contribution in [2.45, 2.75) is 24.7 Å². The maximum Gasteiger partial charge on any atom is 0.311 e. The molecule has 6 nitrogen and oxygen atoms in total. The average Bonchev–Trinajstić information content (AvgIpc) is 2.34. The van der Waals surface area contributed by atoms with Gasteiger partial charge in [0.05, 0.1) is 4.92 Å². The first-order valence-corrected chi connectivity index (χ1v) is 6.25. The lowest BCUT2D eigenvalue weighted by Crippen LogP contribution is -2.60. The van der Waals surface area contributed by atoms with Crippen LogP contribution < -0.4 is 10.1 Å². The van der Waals surface area contributed by atoms with E-state index in [1.807, 2.05) is 7.05 Å². The lowest BCUT2D eigenvalue weighted by Gasteiger charge is -2.42. The number of nitro benzene ring substituents is 1. The number of ether oxygens (including phenoxy) is 2. The molecule has 19 heavy (non-hydrogen) atoms. The van der Waals surface area contributed by atoms with E-state index in [2.05, 4.69) is 5.32 Å². The van der Waals surface area contributed by atoms with Gasteiger partial charge in [-0.3, -0.25) is 10.1 Å². The largest absolute Gasteiger partial charge is 0.481 e. The molecule has 1 saturated carbocycles. The van der Waals surface area contributed by atoms with Gasteiger partial charge < -0.3 is 14.8 Å². The van der Waals surface area contributed by atoms with Crippen LogP contribution in [0.25, 0.3) is 0 Å². The van der Waals surface area contributed by atoms with Gasteiger partial charge in [-0.2, -0.15) is 0 Å². The van der Waals surface area contributed by atoms with Crippen LogP contribution in [0.4, 0.5) is 5.69 Å². The van der Waals surface area contributed by atoms with E-state index in [1.54, 1.807) is 7.11 Å². The predicted molar refractivity (Wildman–Crippen MR) is 70.8 cm³/mol. The number of nitro groups is 1. The molecule has 0 aromatic heterocycles. The second-order valence-corrected chi connectivity index (χ2v) is 4.79. The van der Waals surface area contributed by atoms with E-state index in [-0.39, 0.29) is 29.7 Å². The number of benzene rings is 1. The SMILES string of the molecule is CNC1CC(Oc2cc(Cl)ccc2[N+](=O)[O-])C1OC. The Labute approximate surface area is 115 Å². The third-order valence-corrected chi connectivity index (χ3v) is 3.52. The zero-order valence-corrected chi connectivity index (χ0v) is 11.4. The Hall–Kier alpha value is -1.37. The van der Waals surface area contributed by atoms with Crippen LogP contribution in [0.1, 0.15) is 6.42 Å². The van der Waals surface area contributed by atoms with Crippen LogP contribution in [0.5, 0.6) is 5.75 Å². The van der Waals surface area contributed by atoms with E-state index >= 15 is 0 Å². The third-order valence-electron chi connectivity index (χ3n) is 3.29. The first kappa shape index (κ1) is 14.0. The van der Waals surface area contributed by atoms with Crippen LogP contribution >= 0.6 is 11.6 Å². The molecule has 0 amide bonds. The smallest absolute Gasteiger partial charge is 0.311 e. The highest BCUT2D eigenvalue weighted by atomic mass is 35.5. The Kier molecular flexibility index (Phi) is 4.24. The van der Waals surface area contributed by atoms with E-state index < -0.39 is 4.92 Å². The van der Waals surface area contributed by atoms with Gasteiger partial charge in [-0.15, -0.1) is 0 Å². The van der Waals surface area contributed by atoms with Gasteiger partial charge in [-0.05, 0) is 13.1 Å². The molecule has 1 aromatic carbocycles. The second-order valence-electron chi connectivity index (χ2n) is 4.36. The number of likely N-dealkylation sites (N-methyl/N-ethyl adjacent to an activating group) is 1. The van der Waals surface area contributed by atoms with Gasteiger partial charge in [0.25, 0.3) is 0 Å². The van der Waals surface area contributed by atoms with Crippen LogP contribution in [0, 0.1) is 10.1 Å². The predicted octanol–water partition coefficient (Wildman–Crippen LogP) is 2.00. The highest BCUT2D eigenvalue weighted by molar-refractivity contribution is 6.30. The molecule has 104 valence electrons. The molecule has 1 aliphatic carbocycles. The fraction of sp³-hybridized carbons (Fsp3) is 0.500. The number of rotatable bonds is 5. The van der Waals surface area contributed by atoms with E-state index in [4.69, 9.17) is 21.1 Å². The van der Waals surface area contributed by atoms with Crippen molar-refractivity contribution in [2.24, 2.45) is 0 Å². The number of methoxy groups -OCH3 is 1. The molecule has 7 heteroatoms. The minimum atomic E-state index is -0.484. The molecule has 2 rings (SSSR count). The van der Waals surface area contributed by atoms with Gasteiger partial charge in [0, 0.05) is 36.7 Å². The molecule has 3 atom stereocenters. The van der Waals surface area contributed by atoms with Crippen molar-refractivity contribution in [2.75, 3.05) is 14.2 Å². The number of nitrogens with one attached hydrogen (secondary N) is 1. The summed E-state index contributed by atoms with van der Waals surface area (Å²) >= 11 is 5.85. The van der Waals surface area contributed by atoms with Crippen molar-refractivity contribution in [1.82, 2.24) is 5.32 Å². The molecule has 1 aromatic rings. The molecule has 0 spiro atoms. The molecule has 0 heterocycles. The molecular formula is C12H15ClN2O4. The van der Waals surface area contributed by atoms with Gasteiger partial charge in [0.1, 0.15) is 12.2 Å². The summed E-state index contributed by atoms with van der Waals surface area (Å²) in [5, 5.41) is 14.4. The molecular weight excluding hydrogens is 272 g/mol. The Morgan fingerprint density at radius 1 is 1.53 bits per heavy atom. The zero-order chi connectivity index (χ0) is 14.0. The topological polar surface area (TPSA) is 73.6 Å². The molecule has 1 N–H and O–H groups in total. The van der Waals surface area contributed by atoms with E-state index in [1.165, 1.54) is 18.2 Å². The maximum atomic E-state index is 10.9. The summed E-state index contributed by atoms with van der Waals surface area (Å²) in [6, 6.07) is 4.47. The normalized spacial score (nSPS) is 25.7. The minimum absolute atomic E-state index is 0.0906. The van der Waals surface area contributed by atoms with Crippen LogP contribution in [0.15, 0.2) is 18.2 Å². The van der Waals surface area contributed by atoms with E-state index in [0.29, 0.717) is 5.02 Å². The highest BCUT2D eigenvalue weighted by Crippen LogP contribution is 2.35. The van der Waals surface area contributed by atoms with Gasteiger partial charge in [0.2, 0.25) is 0 Å². The number of hydrogen-bond acceptors (Lipinski definition) is 5. The Morgan fingerprint density at radius 3 is 2.84 bits per heavy atom. The van der Waals surface area contributed by atoms with Gasteiger partial charge in [0.15, 0.2) is 5.75 Å². The molecule has 0 radical (unpaired) electrons. The summed E-state index contributed by atoms with van der Waals surface area (Å²) in [6.07, 6.45) is 0.404. The zero-order valence-electron chi connectivity index (χ0n) is 10.6. The maximum absolute atomic E-state index is 10.9. The summed E-state index contributed by atoms with van der Waals surface area (Å²) in [5.74, 6) is 0.180. The first-order valence-electron chi connectivity index (χ1n) is 5.87. The van der Waals surface area contributed by atoms with Gasteiger partial charge in [-0.25, -0.2) is 0 Å². The summed E-state index contributed by atoms with van der Waals surface area (Å²) < 4.78 is 11.0. The fourth-order valence-corrected chi connectivity index (χ4v) is 2.35. The van der Waals surface area contributed by atoms with Crippen molar-refractivity contribution in [3.8, 4) is 5.75 Å². The molecule has 0 aliphatic heterocycles. The van der Waals surface area contributed by atoms with Gasteiger partial charge in [-0.1, -0.05) is 11.6 Å².